The van der Waals surface area contributed by atoms with E-state index in [1.807, 2.05) is 13.8 Å². The van der Waals surface area contributed by atoms with Gasteiger partial charge in [-0.25, -0.2) is 0 Å². The lowest BCUT2D eigenvalue weighted by atomic mass is 10.2. The third-order valence-corrected chi connectivity index (χ3v) is 3.81. The van der Waals surface area contributed by atoms with Crippen molar-refractivity contribution in [3.63, 3.8) is 0 Å². The van der Waals surface area contributed by atoms with Crippen molar-refractivity contribution in [1.82, 2.24) is 0 Å². The summed E-state index contributed by atoms with van der Waals surface area (Å²) in [6, 6.07) is 0. The molecule has 2 nitrogen and oxygen atoms in total. The first kappa shape index (κ1) is 13.6. The van der Waals surface area contributed by atoms with E-state index in [1.165, 1.54) is 12.0 Å². The van der Waals surface area contributed by atoms with Gasteiger partial charge in [-0.1, -0.05) is 13.8 Å². The minimum absolute atomic E-state index is 0.307. The van der Waals surface area contributed by atoms with Crippen molar-refractivity contribution in [2.24, 2.45) is 0 Å². The second-order valence-corrected chi connectivity index (χ2v) is 5.56. The summed E-state index contributed by atoms with van der Waals surface area (Å²) in [4.78, 5) is -0.640. The van der Waals surface area contributed by atoms with E-state index in [9.17, 15) is 0 Å². The van der Waals surface area contributed by atoms with Gasteiger partial charge in [0, 0.05) is 19.2 Å². The van der Waals surface area contributed by atoms with Crippen LogP contribution in [0.5, 0.6) is 0 Å². The SMILES string of the molecule is CCC(S)(CC)OSC(C)(C)OC. The van der Waals surface area contributed by atoms with Crippen LogP contribution in [0, 0.1) is 0 Å². The lowest BCUT2D eigenvalue weighted by Gasteiger charge is -2.29. The maximum absolute atomic E-state index is 5.64. The predicted octanol–water partition coefficient (Wildman–Crippen LogP) is 3.48. The van der Waals surface area contributed by atoms with Crippen LogP contribution in [0.3, 0.4) is 0 Å². The molecule has 80 valence electrons. The molecule has 0 N–H and O–H groups in total. The highest BCUT2D eigenvalue weighted by Crippen LogP contribution is 2.36. The molecule has 0 aromatic carbocycles. The van der Waals surface area contributed by atoms with Crippen molar-refractivity contribution in [1.29, 1.82) is 0 Å². The fourth-order valence-corrected chi connectivity index (χ4v) is 1.35. The molecule has 0 radical (unpaired) electrons. The molecule has 0 bridgehead atoms. The second-order valence-electron chi connectivity index (χ2n) is 3.42. The second kappa shape index (κ2) is 5.49. The van der Waals surface area contributed by atoms with E-state index in [0.717, 1.165) is 12.8 Å². The van der Waals surface area contributed by atoms with Crippen LogP contribution in [0.15, 0.2) is 0 Å². The quantitative estimate of drug-likeness (QED) is 0.423. The van der Waals surface area contributed by atoms with Gasteiger partial charge in [0.2, 0.25) is 0 Å². The van der Waals surface area contributed by atoms with Crippen LogP contribution in [-0.2, 0) is 8.92 Å². The molecule has 0 aliphatic heterocycles. The van der Waals surface area contributed by atoms with Gasteiger partial charge in [0.05, 0.1) is 0 Å². The van der Waals surface area contributed by atoms with Crippen LogP contribution in [0.4, 0.5) is 0 Å². The Morgan fingerprint density at radius 3 is 2.00 bits per heavy atom. The van der Waals surface area contributed by atoms with Crippen LogP contribution in [-0.4, -0.2) is 17.0 Å². The number of methoxy groups -OCH3 is 1. The molecule has 0 fully saturated rings. The lowest BCUT2D eigenvalue weighted by Crippen LogP contribution is -2.26. The zero-order valence-corrected chi connectivity index (χ0v) is 10.8. The first-order chi connectivity index (χ1) is 5.89. The topological polar surface area (TPSA) is 18.5 Å². The minimum Gasteiger partial charge on any atom is -0.366 e. The Hall–Kier alpha value is 0.620. The Bertz CT molecular complexity index is 145. The summed E-state index contributed by atoms with van der Waals surface area (Å²) in [5.41, 5.74) is 0. The average Bonchev–Trinajstić information content (AvgIpc) is 2.14. The van der Waals surface area contributed by atoms with Crippen molar-refractivity contribution in [2.75, 3.05) is 7.11 Å². The van der Waals surface area contributed by atoms with Crippen LogP contribution in [0.2, 0.25) is 0 Å². The molecule has 0 amide bonds. The Balaban J connectivity index is 3.99. The predicted molar refractivity (Wildman–Crippen MR) is 62.1 cm³/mol. The molecule has 0 atom stereocenters. The monoisotopic (exact) mass is 224 g/mol. The zero-order valence-electron chi connectivity index (χ0n) is 9.09. The van der Waals surface area contributed by atoms with Crippen molar-refractivity contribution in [3.8, 4) is 0 Å². The molecule has 0 saturated carbocycles. The van der Waals surface area contributed by atoms with Gasteiger partial charge in [-0.3, -0.25) is 4.18 Å². The third-order valence-electron chi connectivity index (χ3n) is 1.99. The Labute approximate surface area is 91.4 Å². The third kappa shape index (κ3) is 5.15. The normalized spacial score (nSPS) is 13.4. The average molecular weight is 224 g/mol. The van der Waals surface area contributed by atoms with Crippen LogP contribution in [0.25, 0.3) is 0 Å². The Morgan fingerprint density at radius 1 is 1.23 bits per heavy atom. The molecule has 0 heterocycles. The molecular formula is C9H20O2S2. The number of hydrogen-bond acceptors (Lipinski definition) is 4. The summed E-state index contributed by atoms with van der Waals surface area (Å²) in [6.07, 6.45) is 1.78. The van der Waals surface area contributed by atoms with Crippen LogP contribution < -0.4 is 0 Å². The maximum Gasteiger partial charge on any atom is 0.133 e. The van der Waals surface area contributed by atoms with E-state index >= 15 is 0 Å². The number of ether oxygens (including phenoxy) is 1. The fraction of sp³-hybridized carbons (Fsp3) is 1.00. The molecule has 0 aliphatic carbocycles. The molecule has 13 heavy (non-hydrogen) atoms. The smallest absolute Gasteiger partial charge is 0.133 e. The summed E-state index contributed by atoms with van der Waals surface area (Å²) in [5.74, 6) is 0. The van der Waals surface area contributed by atoms with Gasteiger partial charge in [-0.15, -0.1) is 12.6 Å². The largest absolute Gasteiger partial charge is 0.366 e. The molecule has 0 rings (SSSR count). The van der Waals surface area contributed by atoms with Crippen molar-refractivity contribution < 1.29 is 8.92 Å². The molecule has 0 aromatic rings. The fourth-order valence-electron chi connectivity index (χ4n) is 0.580. The molecule has 4 heteroatoms. The first-order valence-corrected chi connectivity index (χ1v) is 5.72. The molecule has 0 aromatic heterocycles. The zero-order chi connectivity index (χ0) is 10.5. The number of thiol groups is 1. The summed E-state index contributed by atoms with van der Waals surface area (Å²) in [7, 11) is 1.68. The van der Waals surface area contributed by atoms with Crippen molar-refractivity contribution >= 4 is 24.7 Å². The molecular weight excluding hydrogens is 204 g/mol. The Kier molecular flexibility index (Phi) is 5.75. The van der Waals surface area contributed by atoms with Gasteiger partial charge in [0.15, 0.2) is 0 Å². The van der Waals surface area contributed by atoms with E-state index in [0.29, 0.717) is 0 Å². The van der Waals surface area contributed by atoms with Gasteiger partial charge in [-0.05, 0) is 26.7 Å². The van der Waals surface area contributed by atoms with Crippen LogP contribution in [0.1, 0.15) is 40.5 Å². The summed E-state index contributed by atoms with van der Waals surface area (Å²) in [5, 5.41) is 0. The van der Waals surface area contributed by atoms with Gasteiger partial charge in [0.1, 0.15) is 9.87 Å². The minimum atomic E-state index is -0.333. The Morgan fingerprint density at radius 2 is 1.69 bits per heavy atom. The van der Waals surface area contributed by atoms with E-state index in [4.69, 9.17) is 8.92 Å². The van der Waals surface area contributed by atoms with Gasteiger partial charge in [-0.2, -0.15) is 0 Å². The van der Waals surface area contributed by atoms with E-state index in [1.54, 1.807) is 7.11 Å². The number of rotatable bonds is 6. The van der Waals surface area contributed by atoms with E-state index in [-0.39, 0.29) is 9.87 Å². The van der Waals surface area contributed by atoms with Gasteiger partial charge >= 0.3 is 0 Å². The van der Waals surface area contributed by atoms with Crippen LogP contribution >= 0.6 is 24.7 Å². The summed E-state index contributed by atoms with van der Waals surface area (Å²) < 4.78 is 10.9. The molecule has 0 unspecified atom stereocenters. The highest BCUT2D eigenvalue weighted by molar-refractivity contribution is 7.96. The molecule has 0 aliphatic rings. The highest BCUT2D eigenvalue weighted by Gasteiger charge is 2.27. The van der Waals surface area contributed by atoms with E-state index < -0.39 is 0 Å². The summed E-state index contributed by atoms with van der Waals surface area (Å²) in [6.45, 7) is 8.07. The van der Waals surface area contributed by atoms with Crippen molar-refractivity contribution in [2.45, 2.75) is 50.4 Å². The van der Waals surface area contributed by atoms with Gasteiger partial charge < -0.3 is 4.74 Å². The van der Waals surface area contributed by atoms with Gasteiger partial charge in [0.25, 0.3) is 0 Å². The van der Waals surface area contributed by atoms with E-state index in [2.05, 4.69) is 26.5 Å². The van der Waals surface area contributed by atoms with Crippen molar-refractivity contribution in [3.05, 3.63) is 0 Å². The summed E-state index contributed by atoms with van der Waals surface area (Å²) >= 11 is 5.81. The standard InChI is InChI=1S/C9H20O2S2/c1-6-9(12,7-2)11-13-8(3,4)10-5/h12H,6-7H2,1-5H3. The maximum atomic E-state index is 5.64. The molecule has 0 spiro atoms. The first-order valence-electron chi connectivity index (χ1n) is 4.53. The number of hydrogen-bond donors (Lipinski definition) is 1. The lowest BCUT2D eigenvalue weighted by molar-refractivity contribution is 0.0858. The highest BCUT2D eigenvalue weighted by atomic mass is 32.2. The molecule has 0 saturated heterocycles.